The Balaban J connectivity index is 1.72. The first-order chi connectivity index (χ1) is 10.8. The number of benzene rings is 1. The summed E-state index contributed by atoms with van der Waals surface area (Å²) in [4.78, 5) is 6.30. The van der Waals surface area contributed by atoms with Gasteiger partial charge in [0, 0.05) is 25.3 Å². The van der Waals surface area contributed by atoms with Crippen molar-refractivity contribution < 1.29 is 4.39 Å². The van der Waals surface area contributed by atoms with Gasteiger partial charge in [-0.05, 0) is 43.2 Å². The van der Waals surface area contributed by atoms with Gasteiger partial charge >= 0.3 is 0 Å². The standard InChI is InChI=1S/C17H17FN4/c18-15-10-13(11-19)6-7-16(15)22-9-3-4-14(12-22)21-17-5-1-2-8-20-17/h1-2,5-8,10,14H,3-4,9,12H2,(H,20,21). The molecule has 2 aromatic rings. The maximum atomic E-state index is 14.2. The van der Waals surface area contributed by atoms with Gasteiger partial charge in [-0.1, -0.05) is 6.07 Å². The maximum absolute atomic E-state index is 14.2. The number of hydrogen-bond donors (Lipinski definition) is 1. The molecule has 0 amide bonds. The summed E-state index contributed by atoms with van der Waals surface area (Å²) in [7, 11) is 0. The highest BCUT2D eigenvalue weighted by Gasteiger charge is 2.22. The van der Waals surface area contributed by atoms with Crippen molar-refractivity contribution in [1.29, 1.82) is 5.26 Å². The van der Waals surface area contributed by atoms with Crippen LogP contribution >= 0.6 is 0 Å². The van der Waals surface area contributed by atoms with Crippen molar-refractivity contribution in [2.45, 2.75) is 18.9 Å². The monoisotopic (exact) mass is 296 g/mol. The van der Waals surface area contributed by atoms with Gasteiger partial charge in [0.15, 0.2) is 0 Å². The number of halogens is 1. The number of aromatic nitrogens is 1. The Morgan fingerprint density at radius 1 is 1.32 bits per heavy atom. The third kappa shape index (κ3) is 3.17. The smallest absolute Gasteiger partial charge is 0.147 e. The van der Waals surface area contributed by atoms with Gasteiger partial charge in [-0.15, -0.1) is 0 Å². The van der Waals surface area contributed by atoms with Crippen molar-refractivity contribution in [2.75, 3.05) is 23.3 Å². The molecule has 1 N–H and O–H groups in total. The first-order valence-corrected chi connectivity index (χ1v) is 7.38. The highest BCUT2D eigenvalue weighted by Crippen LogP contribution is 2.25. The van der Waals surface area contributed by atoms with E-state index in [0.29, 0.717) is 11.3 Å². The molecule has 5 heteroatoms. The Morgan fingerprint density at radius 2 is 2.23 bits per heavy atom. The van der Waals surface area contributed by atoms with Crippen LogP contribution in [0.15, 0.2) is 42.6 Å². The third-order valence-electron chi connectivity index (χ3n) is 3.86. The summed E-state index contributed by atoms with van der Waals surface area (Å²) in [5.41, 5.74) is 0.910. The molecule has 1 saturated heterocycles. The Bertz CT molecular complexity index is 681. The number of nitrogens with one attached hydrogen (secondary N) is 1. The molecule has 1 aliphatic rings. The van der Waals surface area contributed by atoms with E-state index in [0.717, 1.165) is 31.7 Å². The first-order valence-electron chi connectivity index (χ1n) is 7.38. The quantitative estimate of drug-likeness (QED) is 0.945. The van der Waals surface area contributed by atoms with Crippen LogP contribution in [-0.2, 0) is 0 Å². The van der Waals surface area contributed by atoms with Crippen LogP contribution in [0, 0.1) is 17.1 Å². The molecule has 0 bridgehead atoms. The van der Waals surface area contributed by atoms with Crippen molar-refractivity contribution in [2.24, 2.45) is 0 Å². The number of rotatable bonds is 3. The molecule has 0 radical (unpaired) electrons. The van der Waals surface area contributed by atoms with E-state index in [9.17, 15) is 4.39 Å². The molecular weight excluding hydrogens is 279 g/mol. The Labute approximate surface area is 129 Å². The molecule has 1 aromatic heterocycles. The van der Waals surface area contributed by atoms with Crippen molar-refractivity contribution in [1.82, 2.24) is 4.98 Å². The molecule has 1 fully saturated rings. The fourth-order valence-electron chi connectivity index (χ4n) is 2.80. The van der Waals surface area contributed by atoms with Gasteiger partial charge in [0.2, 0.25) is 0 Å². The van der Waals surface area contributed by atoms with Crippen molar-refractivity contribution in [3.8, 4) is 6.07 Å². The van der Waals surface area contributed by atoms with Crippen LogP contribution in [0.2, 0.25) is 0 Å². The van der Waals surface area contributed by atoms with E-state index in [1.165, 1.54) is 6.07 Å². The lowest BCUT2D eigenvalue weighted by atomic mass is 10.0. The van der Waals surface area contributed by atoms with E-state index in [2.05, 4.69) is 10.3 Å². The first kappa shape index (κ1) is 14.3. The zero-order valence-electron chi connectivity index (χ0n) is 12.2. The molecule has 1 aliphatic heterocycles. The summed E-state index contributed by atoms with van der Waals surface area (Å²) in [6.45, 7) is 1.54. The number of anilines is 2. The molecule has 1 atom stereocenters. The van der Waals surface area contributed by atoms with Crippen LogP contribution in [0.3, 0.4) is 0 Å². The average Bonchev–Trinajstić information content (AvgIpc) is 2.56. The van der Waals surface area contributed by atoms with Gasteiger partial charge in [-0.25, -0.2) is 9.37 Å². The molecule has 2 heterocycles. The average molecular weight is 296 g/mol. The van der Waals surface area contributed by atoms with E-state index in [1.54, 1.807) is 18.3 Å². The fraction of sp³-hybridized carbons (Fsp3) is 0.294. The molecule has 0 aliphatic carbocycles. The number of piperidine rings is 1. The lowest BCUT2D eigenvalue weighted by Gasteiger charge is -2.35. The Morgan fingerprint density at radius 3 is 2.95 bits per heavy atom. The van der Waals surface area contributed by atoms with Gasteiger partial charge in [-0.3, -0.25) is 0 Å². The van der Waals surface area contributed by atoms with Crippen molar-refractivity contribution in [3.63, 3.8) is 0 Å². The van der Waals surface area contributed by atoms with Crippen LogP contribution in [0.1, 0.15) is 18.4 Å². The molecule has 22 heavy (non-hydrogen) atoms. The number of nitrogens with zero attached hydrogens (tertiary/aromatic N) is 3. The largest absolute Gasteiger partial charge is 0.367 e. The van der Waals surface area contributed by atoms with E-state index in [4.69, 9.17) is 5.26 Å². The molecule has 4 nitrogen and oxygen atoms in total. The molecule has 0 spiro atoms. The number of pyridine rings is 1. The fourth-order valence-corrected chi connectivity index (χ4v) is 2.80. The second-order valence-electron chi connectivity index (χ2n) is 5.42. The SMILES string of the molecule is N#Cc1ccc(N2CCCC(Nc3ccccn3)C2)c(F)c1. The third-order valence-corrected chi connectivity index (χ3v) is 3.86. The summed E-state index contributed by atoms with van der Waals surface area (Å²) in [6, 6.07) is 12.6. The number of nitriles is 1. The van der Waals surface area contributed by atoms with Crippen LogP contribution in [-0.4, -0.2) is 24.1 Å². The zero-order valence-corrected chi connectivity index (χ0v) is 12.2. The van der Waals surface area contributed by atoms with E-state index in [1.807, 2.05) is 29.2 Å². The second-order valence-corrected chi connectivity index (χ2v) is 5.42. The Kier molecular flexibility index (Phi) is 4.19. The van der Waals surface area contributed by atoms with Crippen molar-refractivity contribution >= 4 is 11.5 Å². The summed E-state index contributed by atoms with van der Waals surface area (Å²) in [5.74, 6) is 0.507. The minimum atomic E-state index is -0.336. The predicted molar refractivity (Wildman–Crippen MR) is 84.2 cm³/mol. The van der Waals surface area contributed by atoms with E-state index >= 15 is 0 Å². The molecule has 3 rings (SSSR count). The maximum Gasteiger partial charge on any atom is 0.147 e. The highest BCUT2D eigenvalue weighted by atomic mass is 19.1. The minimum absolute atomic E-state index is 0.235. The van der Waals surface area contributed by atoms with Crippen LogP contribution in [0.25, 0.3) is 0 Å². The zero-order chi connectivity index (χ0) is 15.4. The molecule has 1 aromatic carbocycles. The van der Waals surface area contributed by atoms with Crippen molar-refractivity contribution in [3.05, 3.63) is 54.0 Å². The van der Waals surface area contributed by atoms with E-state index in [-0.39, 0.29) is 11.9 Å². The summed E-state index contributed by atoms with van der Waals surface area (Å²) >= 11 is 0. The van der Waals surface area contributed by atoms with E-state index < -0.39 is 0 Å². The summed E-state index contributed by atoms with van der Waals surface area (Å²) < 4.78 is 14.2. The van der Waals surface area contributed by atoms with Gasteiger partial charge in [-0.2, -0.15) is 5.26 Å². The minimum Gasteiger partial charge on any atom is -0.367 e. The molecule has 1 unspecified atom stereocenters. The normalized spacial score (nSPS) is 17.8. The molecular formula is C17H17FN4. The lowest BCUT2D eigenvalue weighted by Crippen LogP contribution is -2.42. The molecule has 112 valence electrons. The highest BCUT2D eigenvalue weighted by molar-refractivity contribution is 5.52. The number of hydrogen-bond acceptors (Lipinski definition) is 4. The summed E-state index contributed by atoms with van der Waals surface area (Å²) in [5, 5.41) is 12.2. The predicted octanol–water partition coefficient (Wildman–Crippen LogP) is 3.17. The van der Waals surface area contributed by atoms with Gasteiger partial charge < -0.3 is 10.2 Å². The second kappa shape index (κ2) is 6.44. The van der Waals surface area contributed by atoms with Gasteiger partial charge in [0.05, 0.1) is 17.3 Å². The summed E-state index contributed by atoms with van der Waals surface area (Å²) in [6.07, 6.45) is 3.78. The topological polar surface area (TPSA) is 52.0 Å². The van der Waals surface area contributed by atoms with Crippen LogP contribution in [0.5, 0.6) is 0 Å². The van der Waals surface area contributed by atoms with Crippen LogP contribution in [0.4, 0.5) is 15.9 Å². The van der Waals surface area contributed by atoms with Gasteiger partial charge in [0.1, 0.15) is 11.6 Å². The Hall–Kier alpha value is -2.61. The van der Waals surface area contributed by atoms with Crippen LogP contribution < -0.4 is 10.2 Å². The molecule has 0 saturated carbocycles. The lowest BCUT2D eigenvalue weighted by molar-refractivity contribution is 0.518. The van der Waals surface area contributed by atoms with Gasteiger partial charge in [0.25, 0.3) is 0 Å².